The number of fused-ring (bicyclic) bond motifs is 1. The van der Waals surface area contributed by atoms with Gasteiger partial charge in [-0.15, -0.1) is 0 Å². The molecule has 4 rings (SSSR count). The summed E-state index contributed by atoms with van der Waals surface area (Å²) in [5.74, 6) is 0.955. The Morgan fingerprint density at radius 2 is 2.04 bits per heavy atom. The van der Waals surface area contributed by atoms with Gasteiger partial charge in [0.15, 0.2) is 17.0 Å². The van der Waals surface area contributed by atoms with Crippen LogP contribution in [0.4, 0.5) is 5.82 Å². The molecule has 2 atom stereocenters. The van der Waals surface area contributed by atoms with Crippen molar-refractivity contribution in [1.29, 1.82) is 0 Å². The summed E-state index contributed by atoms with van der Waals surface area (Å²) in [6.45, 7) is 7.36. The van der Waals surface area contributed by atoms with Gasteiger partial charge in [0.2, 0.25) is 0 Å². The molecule has 4 heterocycles. The molecule has 0 bridgehead atoms. The third-order valence-corrected chi connectivity index (χ3v) is 5.37. The van der Waals surface area contributed by atoms with Gasteiger partial charge in [-0.3, -0.25) is 0 Å². The van der Waals surface area contributed by atoms with E-state index in [2.05, 4.69) is 36.2 Å². The fraction of sp³-hybridized carbons (Fsp3) is 0.706. The highest BCUT2D eigenvalue weighted by atomic mass is 16.5. The number of anilines is 1. The van der Waals surface area contributed by atoms with E-state index in [9.17, 15) is 0 Å². The maximum atomic E-state index is 5.67. The van der Waals surface area contributed by atoms with Crippen molar-refractivity contribution >= 4 is 17.0 Å². The summed E-state index contributed by atoms with van der Waals surface area (Å²) in [6.07, 6.45) is 7.47. The second-order valence-electron chi connectivity index (χ2n) is 6.81. The minimum Gasteiger partial charge on any atom is -0.380 e. The predicted octanol–water partition coefficient (Wildman–Crippen LogP) is 1.54. The van der Waals surface area contributed by atoms with Crippen molar-refractivity contribution in [2.24, 2.45) is 0 Å². The van der Waals surface area contributed by atoms with Crippen LogP contribution in [0, 0.1) is 0 Å². The van der Waals surface area contributed by atoms with Gasteiger partial charge in [-0.2, -0.15) is 0 Å². The van der Waals surface area contributed by atoms with E-state index in [1.807, 2.05) is 13.4 Å². The number of ether oxygens (including phenoxy) is 1. The van der Waals surface area contributed by atoms with Crippen molar-refractivity contribution in [3.63, 3.8) is 0 Å². The maximum Gasteiger partial charge on any atom is 0.165 e. The van der Waals surface area contributed by atoms with Gasteiger partial charge in [-0.1, -0.05) is 0 Å². The first-order valence-corrected chi connectivity index (χ1v) is 8.97. The van der Waals surface area contributed by atoms with E-state index in [-0.39, 0.29) is 6.10 Å². The third-order valence-electron chi connectivity index (χ3n) is 5.37. The topological polar surface area (TPSA) is 59.3 Å². The number of imidazole rings is 1. The van der Waals surface area contributed by atoms with E-state index in [0.717, 1.165) is 43.0 Å². The highest BCUT2D eigenvalue weighted by molar-refractivity contribution is 5.83. The van der Waals surface area contributed by atoms with E-state index in [1.165, 1.54) is 25.9 Å². The molecule has 130 valence electrons. The first-order valence-electron chi connectivity index (χ1n) is 8.97. The number of aryl methyl sites for hydroxylation is 1. The van der Waals surface area contributed by atoms with Gasteiger partial charge in [-0.05, 0) is 39.3 Å². The molecule has 0 spiro atoms. The molecule has 0 unspecified atom stereocenters. The van der Waals surface area contributed by atoms with Gasteiger partial charge in [0.05, 0.1) is 12.4 Å². The summed E-state index contributed by atoms with van der Waals surface area (Å²) >= 11 is 0. The second-order valence-corrected chi connectivity index (χ2v) is 6.81. The van der Waals surface area contributed by atoms with E-state index in [4.69, 9.17) is 4.74 Å². The van der Waals surface area contributed by atoms with Crippen LogP contribution in [0.1, 0.15) is 26.2 Å². The van der Waals surface area contributed by atoms with Gasteiger partial charge >= 0.3 is 0 Å². The van der Waals surface area contributed by atoms with Crippen molar-refractivity contribution in [3.8, 4) is 0 Å². The average molecular weight is 330 g/mol. The van der Waals surface area contributed by atoms with Crippen LogP contribution in [0.5, 0.6) is 0 Å². The fourth-order valence-electron chi connectivity index (χ4n) is 4.05. The molecule has 2 aromatic rings. The standard InChI is InChI=1S/C17H26N6O/c1-3-22-12-20-15-16(22)18-11-19-17(15)23-10-14(24-2)8-13(23)9-21-6-4-5-7-21/h11-14H,3-10H2,1-2H3/t13-,14-/m0/s1. The second kappa shape index (κ2) is 6.64. The van der Waals surface area contributed by atoms with Crippen molar-refractivity contribution in [2.75, 3.05) is 38.2 Å². The zero-order valence-corrected chi connectivity index (χ0v) is 14.6. The highest BCUT2D eigenvalue weighted by Gasteiger charge is 2.36. The lowest BCUT2D eigenvalue weighted by Gasteiger charge is -2.29. The van der Waals surface area contributed by atoms with Crippen LogP contribution < -0.4 is 4.90 Å². The zero-order chi connectivity index (χ0) is 16.5. The Kier molecular flexibility index (Phi) is 4.37. The molecule has 7 heteroatoms. The largest absolute Gasteiger partial charge is 0.380 e. The van der Waals surface area contributed by atoms with E-state index < -0.39 is 0 Å². The summed E-state index contributed by atoms with van der Waals surface area (Å²) in [4.78, 5) is 18.6. The van der Waals surface area contributed by atoms with Crippen LogP contribution in [0.25, 0.3) is 11.2 Å². The maximum absolute atomic E-state index is 5.67. The number of hydrogen-bond donors (Lipinski definition) is 0. The van der Waals surface area contributed by atoms with Gasteiger partial charge in [0.25, 0.3) is 0 Å². The minimum absolute atomic E-state index is 0.260. The highest BCUT2D eigenvalue weighted by Crippen LogP contribution is 2.30. The summed E-state index contributed by atoms with van der Waals surface area (Å²) in [5, 5.41) is 0. The smallest absolute Gasteiger partial charge is 0.165 e. The molecule has 2 aliphatic heterocycles. The van der Waals surface area contributed by atoms with Gasteiger partial charge in [0.1, 0.15) is 6.33 Å². The first-order chi connectivity index (χ1) is 11.8. The van der Waals surface area contributed by atoms with Crippen molar-refractivity contribution in [3.05, 3.63) is 12.7 Å². The first kappa shape index (κ1) is 15.8. The Labute approximate surface area is 142 Å². The molecule has 7 nitrogen and oxygen atoms in total. The van der Waals surface area contributed by atoms with Crippen LogP contribution in [0.2, 0.25) is 0 Å². The van der Waals surface area contributed by atoms with E-state index >= 15 is 0 Å². The van der Waals surface area contributed by atoms with Crippen LogP contribution in [0.3, 0.4) is 0 Å². The Hall–Kier alpha value is -1.73. The van der Waals surface area contributed by atoms with Crippen LogP contribution in [0.15, 0.2) is 12.7 Å². The molecule has 0 N–H and O–H groups in total. The molecule has 2 aromatic heterocycles. The molecule has 0 aliphatic carbocycles. The molecular weight excluding hydrogens is 304 g/mol. The number of hydrogen-bond acceptors (Lipinski definition) is 6. The number of nitrogens with zero attached hydrogens (tertiary/aromatic N) is 6. The van der Waals surface area contributed by atoms with Crippen molar-refractivity contribution < 1.29 is 4.74 Å². The monoisotopic (exact) mass is 330 g/mol. The number of methoxy groups -OCH3 is 1. The Morgan fingerprint density at radius 1 is 1.21 bits per heavy atom. The molecule has 2 aliphatic rings. The van der Waals surface area contributed by atoms with Gasteiger partial charge in [0, 0.05) is 32.8 Å². The number of rotatable bonds is 5. The fourth-order valence-corrected chi connectivity index (χ4v) is 4.05. The van der Waals surface area contributed by atoms with Crippen LogP contribution in [-0.4, -0.2) is 69.9 Å². The molecule has 0 saturated carbocycles. The molecule has 0 aromatic carbocycles. The third kappa shape index (κ3) is 2.75. The van der Waals surface area contributed by atoms with Gasteiger partial charge < -0.3 is 19.1 Å². The number of likely N-dealkylation sites (tertiary alicyclic amines) is 1. The van der Waals surface area contributed by atoms with Gasteiger partial charge in [-0.25, -0.2) is 15.0 Å². The summed E-state index contributed by atoms with van der Waals surface area (Å²) in [7, 11) is 1.81. The Bertz CT molecular complexity index is 695. The number of aromatic nitrogens is 4. The lowest BCUT2D eigenvalue weighted by atomic mass is 10.2. The molecule has 2 saturated heterocycles. The molecule has 24 heavy (non-hydrogen) atoms. The average Bonchev–Trinajstić information content (AvgIpc) is 3.34. The molecule has 2 fully saturated rings. The van der Waals surface area contributed by atoms with E-state index in [1.54, 1.807) is 6.33 Å². The van der Waals surface area contributed by atoms with Crippen LogP contribution in [-0.2, 0) is 11.3 Å². The Balaban J connectivity index is 1.65. The van der Waals surface area contributed by atoms with Crippen molar-refractivity contribution in [1.82, 2.24) is 24.4 Å². The lowest BCUT2D eigenvalue weighted by Crippen LogP contribution is -2.40. The van der Waals surface area contributed by atoms with E-state index in [0.29, 0.717) is 6.04 Å². The lowest BCUT2D eigenvalue weighted by molar-refractivity contribution is 0.116. The van der Waals surface area contributed by atoms with Crippen LogP contribution >= 0.6 is 0 Å². The zero-order valence-electron chi connectivity index (χ0n) is 14.6. The molecule has 0 amide bonds. The van der Waals surface area contributed by atoms with Crippen molar-refractivity contribution in [2.45, 2.75) is 44.9 Å². The quantitative estimate of drug-likeness (QED) is 0.829. The molecule has 0 radical (unpaired) electrons. The summed E-state index contributed by atoms with van der Waals surface area (Å²) in [5.41, 5.74) is 1.82. The summed E-state index contributed by atoms with van der Waals surface area (Å²) < 4.78 is 7.74. The molecular formula is C17H26N6O. The SMILES string of the molecule is CCn1cnc2c(N3C[C@@H](OC)C[C@H]3CN3CCCC3)ncnc21. The Morgan fingerprint density at radius 3 is 2.79 bits per heavy atom. The normalized spacial score (nSPS) is 25.2. The summed E-state index contributed by atoms with van der Waals surface area (Å²) in [6, 6.07) is 0.429. The minimum atomic E-state index is 0.260. The predicted molar refractivity (Wildman–Crippen MR) is 93.2 cm³/mol.